The Labute approximate surface area is 130 Å². The summed E-state index contributed by atoms with van der Waals surface area (Å²) in [6.45, 7) is 1.92. The van der Waals surface area contributed by atoms with Gasteiger partial charge in [0.2, 0.25) is 0 Å². The van der Waals surface area contributed by atoms with E-state index >= 15 is 0 Å². The zero-order chi connectivity index (χ0) is 14.7. The third-order valence-electron chi connectivity index (χ3n) is 2.92. The average molecular weight is 354 g/mol. The molecule has 0 saturated carbocycles. The largest absolute Gasteiger partial charge is 0.377 e. The van der Waals surface area contributed by atoms with Gasteiger partial charge in [-0.15, -0.1) is 0 Å². The van der Waals surface area contributed by atoms with Crippen molar-refractivity contribution in [2.24, 2.45) is 0 Å². The zero-order valence-corrected chi connectivity index (χ0v) is 13.0. The molecule has 1 atom stereocenters. The quantitative estimate of drug-likeness (QED) is 0.814. The molecule has 0 aromatic heterocycles. The first-order chi connectivity index (χ1) is 9.51. The number of halogens is 3. The van der Waals surface area contributed by atoms with E-state index in [4.69, 9.17) is 16.9 Å². The number of nitriles is 1. The van der Waals surface area contributed by atoms with Crippen LogP contribution in [-0.2, 0) is 0 Å². The van der Waals surface area contributed by atoms with Crippen LogP contribution in [0.15, 0.2) is 40.9 Å². The molecule has 5 heteroatoms. The summed E-state index contributed by atoms with van der Waals surface area (Å²) in [5, 5.41) is 12.4. The molecule has 0 aliphatic heterocycles. The summed E-state index contributed by atoms with van der Waals surface area (Å²) in [6.07, 6.45) is 0. The van der Waals surface area contributed by atoms with Crippen molar-refractivity contribution in [3.8, 4) is 6.07 Å². The van der Waals surface area contributed by atoms with Gasteiger partial charge in [-0.3, -0.25) is 0 Å². The van der Waals surface area contributed by atoms with Gasteiger partial charge in [0.25, 0.3) is 0 Å². The molecule has 1 N–H and O–H groups in total. The molecule has 2 nitrogen and oxygen atoms in total. The molecule has 2 rings (SSSR count). The minimum atomic E-state index is -0.441. The van der Waals surface area contributed by atoms with Gasteiger partial charge in [0, 0.05) is 10.5 Å². The molecule has 0 bridgehead atoms. The first-order valence-corrected chi connectivity index (χ1v) is 7.09. The lowest BCUT2D eigenvalue weighted by Gasteiger charge is -2.17. The number of nitrogens with zero attached hydrogens (tertiary/aromatic N) is 1. The maximum Gasteiger partial charge on any atom is 0.141 e. The molecule has 0 heterocycles. The normalized spacial score (nSPS) is 11.8. The molecule has 0 radical (unpaired) electrons. The van der Waals surface area contributed by atoms with E-state index in [1.165, 1.54) is 6.07 Å². The van der Waals surface area contributed by atoms with Crippen LogP contribution in [0.3, 0.4) is 0 Å². The SMILES string of the molecule is CC(Nc1ccc(Br)cc1C#N)c1ccc(F)c(Cl)c1. The van der Waals surface area contributed by atoms with E-state index in [1.807, 2.05) is 19.1 Å². The van der Waals surface area contributed by atoms with Crippen molar-refractivity contribution >= 4 is 33.2 Å². The van der Waals surface area contributed by atoms with E-state index < -0.39 is 5.82 Å². The minimum absolute atomic E-state index is 0.0902. The van der Waals surface area contributed by atoms with Crippen molar-refractivity contribution in [1.29, 1.82) is 5.26 Å². The third-order valence-corrected chi connectivity index (χ3v) is 3.70. The second kappa shape index (κ2) is 6.25. The van der Waals surface area contributed by atoms with Crippen LogP contribution in [0.4, 0.5) is 10.1 Å². The van der Waals surface area contributed by atoms with E-state index in [0.717, 1.165) is 15.7 Å². The van der Waals surface area contributed by atoms with E-state index in [0.29, 0.717) is 5.56 Å². The highest BCUT2D eigenvalue weighted by Crippen LogP contribution is 2.26. The van der Waals surface area contributed by atoms with Crippen LogP contribution < -0.4 is 5.32 Å². The lowest BCUT2D eigenvalue weighted by molar-refractivity contribution is 0.627. The topological polar surface area (TPSA) is 35.8 Å². The second-order valence-corrected chi connectivity index (χ2v) is 5.66. The van der Waals surface area contributed by atoms with Crippen LogP contribution in [-0.4, -0.2) is 0 Å². The number of hydrogen-bond donors (Lipinski definition) is 1. The fraction of sp³-hybridized carbons (Fsp3) is 0.133. The molecular formula is C15H11BrClFN2. The molecular weight excluding hydrogens is 343 g/mol. The molecule has 0 fully saturated rings. The van der Waals surface area contributed by atoms with Crippen LogP contribution >= 0.6 is 27.5 Å². The Morgan fingerprint density at radius 1 is 1.30 bits per heavy atom. The molecule has 0 aliphatic rings. The van der Waals surface area contributed by atoms with E-state index in [1.54, 1.807) is 18.2 Å². The molecule has 0 amide bonds. The fourth-order valence-corrected chi connectivity index (χ4v) is 2.38. The Hall–Kier alpha value is -1.57. The van der Waals surface area contributed by atoms with Crippen molar-refractivity contribution < 1.29 is 4.39 Å². The van der Waals surface area contributed by atoms with Crippen molar-refractivity contribution in [2.75, 3.05) is 5.32 Å². The average Bonchev–Trinajstić information content (AvgIpc) is 2.43. The number of benzene rings is 2. The Balaban J connectivity index is 2.25. The summed E-state index contributed by atoms with van der Waals surface area (Å²) in [7, 11) is 0. The van der Waals surface area contributed by atoms with Gasteiger partial charge in [0.05, 0.1) is 16.3 Å². The van der Waals surface area contributed by atoms with E-state index in [9.17, 15) is 4.39 Å². The van der Waals surface area contributed by atoms with Gasteiger partial charge in [-0.2, -0.15) is 5.26 Å². The van der Waals surface area contributed by atoms with Gasteiger partial charge in [-0.05, 0) is 42.8 Å². The third kappa shape index (κ3) is 3.30. The van der Waals surface area contributed by atoms with Gasteiger partial charge in [-0.1, -0.05) is 33.6 Å². The van der Waals surface area contributed by atoms with E-state index in [-0.39, 0.29) is 11.1 Å². The van der Waals surface area contributed by atoms with E-state index in [2.05, 4.69) is 27.3 Å². The van der Waals surface area contributed by atoms with Crippen LogP contribution in [0.1, 0.15) is 24.1 Å². The number of rotatable bonds is 3. The Bertz CT molecular complexity index is 682. The predicted octanol–water partition coefficient (Wildman–Crippen LogP) is 5.29. The van der Waals surface area contributed by atoms with Crippen LogP contribution in [0.2, 0.25) is 5.02 Å². The summed E-state index contributed by atoms with van der Waals surface area (Å²) >= 11 is 9.11. The zero-order valence-electron chi connectivity index (χ0n) is 10.6. The molecule has 102 valence electrons. The molecule has 20 heavy (non-hydrogen) atoms. The van der Waals surface area contributed by atoms with Gasteiger partial charge in [0.15, 0.2) is 0 Å². The monoisotopic (exact) mass is 352 g/mol. The summed E-state index contributed by atoms with van der Waals surface area (Å²) < 4.78 is 14.0. The fourth-order valence-electron chi connectivity index (χ4n) is 1.83. The standard InChI is InChI=1S/C15H11BrClFN2/c1-9(10-2-4-14(18)13(17)7-10)20-15-5-3-12(16)6-11(15)8-19/h2-7,9,20H,1H3. The highest BCUT2D eigenvalue weighted by molar-refractivity contribution is 9.10. The lowest BCUT2D eigenvalue weighted by Crippen LogP contribution is -2.08. The lowest BCUT2D eigenvalue weighted by atomic mass is 10.1. The Kier molecular flexibility index (Phi) is 4.64. The number of hydrogen-bond acceptors (Lipinski definition) is 2. The van der Waals surface area contributed by atoms with Crippen LogP contribution in [0, 0.1) is 17.1 Å². The number of anilines is 1. The molecule has 2 aromatic rings. The van der Waals surface area contributed by atoms with Crippen LogP contribution in [0.25, 0.3) is 0 Å². The van der Waals surface area contributed by atoms with Gasteiger partial charge >= 0.3 is 0 Å². The summed E-state index contributed by atoms with van der Waals surface area (Å²) in [4.78, 5) is 0. The summed E-state index contributed by atoms with van der Waals surface area (Å²) in [6, 6.07) is 12.0. The van der Waals surface area contributed by atoms with Gasteiger partial charge < -0.3 is 5.32 Å². The van der Waals surface area contributed by atoms with Crippen molar-refractivity contribution in [3.63, 3.8) is 0 Å². The highest BCUT2D eigenvalue weighted by Gasteiger charge is 2.10. The Morgan fingerprint density at radius 3 is 2.70 bits per heavy atom. The molecule has 0 spiro atoms. The molecule has 0 saturated heterocycles. The number of nitrogens with one attached hydrogen (secondary N) is 1. The molecule has 1 unspecified atom stereocenters. The highest BCUT2D eigenvalue weighted by atomic mass is 79.9. The van der Waals surface area contributed by atoms with Crippen molar-refractivity contribution in [2.45, 2.75) is 13.0 Å². The smallest absolute Gasteiger partial charge is 0.141 e. The minimum Gasteiger partial charge on any atom is -0.377 e. The molecule has 0 aliphatic carbocycles. The summed E-state index contributed by atoms with van der Waals surface area (Å²) in [5.41, 5.74) is 2.12. The molecule has 2 aromatic carbocycles. The van der Waals surface area contributed by atoms with Crippen molar-refractivity contribution in [1.82, 2.24) is 0 Å². The van der Waals surface area contributed by atoms with Gasteiger partial charge in [-0.25, -0.2) is 4.39 Å². The first-order valence-electron chi connectivity index (χ1n) is 5.92. The first kappa shape index (κ1) is 14.8. The Morgan fingerprint density at radius 2 is 2.05 bits per heavy atom. The van der Waals surface area contributed by atoms with Crippen molar-refractivity contribution in [3.05, 3.63) is 62.8 Å². The van der Waals surface area contributed by atoms with Crippen LogP contribution in [0.5, 0.6) is 0 Å². The maximum atomic E-state index is 13.2. The maximum absolute atomic E-state index is 13.2. The summed E-state index contributed by atoms with van der Waals surface area (Å²) in [5.74, 6) is -0.441. The van der Waals surface area contributed by atoms with Gasteiger partial charge in [0.1, 0.15) is 11.9 Å². The second-order valence-electron chi connectivity index (χ2n) is 4.34. The predicted molar refractivity (Wildman–Crippen MR) is 82.3 cm³/mol.